The van der Waals surface area contributed by atoms with Crippen molar-refractivity contribution in [3.8, 4) is 0 Å². The van der Waals surface area contributed by atoms with E-state index in [4.69, 9.17) is 11.6 Å². The Morgan fingerprint density at radius 3 is 3.09 bits per heavy atom. The van der Waals surface area contributed by atoms with Crippen LogP contribution in [0.1, 0.15) is 10.5 Å². The number of fused-ring (bicyclic) bond motifs is 1. The SMILES string of the molecule is O=C(Cl)c1cc2sccc2[nH]1. The summed E-state index contributed by atoms with van der Waals surface area (Å²) in [6.45, 7) is 0. The molecule has 0 fully saturated rings. The molecule has 2 aromatic rings. The van der Waals surface area contributed by atoms with Crippen molar-refractivity contribution in [2.24, 2.45) is 0 Å². The third kappa shape index (κ3) is 1.06. The van der Waals surface area contributed by atoms with E-state index < -0.39 is 5.24 Å². The van der Waals surface area contributed by atoms with Crippen molar-refractivity contribution in [3.63, 3.8) is 0 Å². The lowest BCUT2D eigenvalue weighted by molar-refractivity contribution is 0.107. The molecule has 0 amide bonds. The van der Waals surface area contributed by atoms with Crippen LogP contribution in [-0.4, -0.2) is 10.2 Å². The van der Waals surface area contributed by atoms with Crippen LogP contribution in [0, 0.1) is 0 Å². The van der Waals surface area contributed by atoms with Crippen LogP contribution < -0.4 is 0 Å². The lowest BCUT2D eigenvalue weighted by Crippen LogP contribution is -1.85. The molecule has 56 valence electrons. The average Bonchev–Trinajstić information content (AvgIpc) is 2.40. The average molecular weight is 186 g/mol. The minimum atomic E-state index is -0.437. The van der Waals surface area contributed by atoms with Gasteiger partial charge < -0.3 is 4.98 Å². The highest BCUT2D eigenvalue weighted by molar-refractivity contribution is 7.17. The van der Waals surface area contributed by atoms with E-state index in [9.17, 15) is 4.79 Å². The minimum Gasteiger partial charge on any atom is -0.350 e. The van der Waals surface area contributed by atoms with Gasteiger partial charge in [0.1, 0.15) is 5.69 Å². The largest absolute Gasteiger partial charge is 0.350 e. The summed E-state index contributed by atoms with van der Waals surface area (Å²) >= 11 is 6.85. The molecule has 0 atom stereocenters. The monoisotopic (exact) mass is 185 g/mol. The first-order valence-electron chi connectivity index (χ1n) is 3.03. The number of aromatic nitrogens is 1. The second kappa shape index (κ2) is 2.36. The molecule has 2 aromatic heterocycles. The fraction of sp³-hybridized carbons (Fsp3) is 0. The molecule has 4 heteroatoms. The number of carbonyl (C=O) groups is 1. The van der Waals surface area contributed by atoms with E-state index in [2.05, 4.69) is 4.98 Å². The molecule has 0 aliphatic heterocycles. The molecule has 0 radical (unpaired) electrons. The Kier molecular flexibility index (Phi) is 1.47. The Hall–Kier alpha value is -0.800. The van der Waals surface area contributed by atoms with E-state index in [0.717, 1.165) is 10.2 Å². The topological polar surface area (TPSA) is 32.9 Å². The van der Waals surface area contributed by atoms with Gasteiger partial charge in [0.15, 0.2) is 0 Å². The summed E-state index contributed by atoms with van der Waals surface area (Å²) in [6, 6.07) is 3.68. The smallest absolute Gasteiger partial charge is 0.268 e. The van der Waals surface area contributed by atoms with Gasteiger partial charge in [-0.05, 0) is 29.1 Å². The zero-order valence-electron chi connectivity index (χ0n) is 5.43. The molecule has 0 saturated carbocycles. The fourth-order valence-corrected chi connectivity index (χ4v) is 1.84. The summed E-state index contributed by atoms with van der Waals surface area (Å²) in [4.78, 5) is 13.6. The molecule has 0 aliphatic rings. The van der Waals surface area contributed by atoms with Crippen molar-refractivity contribution in [1.82, 2.24) is 4.98 Å². The van der Waals surface area contributed by atoms with E-state index in [0.29, 0.717) is 5.69 Å². The maximum Gasteiger partial charge on any atom is 0.268 e. The van der Waals surface area contributed by atoms with Gasteiger partial charge in [-0.1, -0.05) is 0 Å². The first kappa shape index (κ1) is 6.88. The zero-order chi connectivity index (χ0) is 7.84. The Labute approximate surface area is 71.8 Å². The number of rotatable bonds is 1. The third-order valence-corrected chi connectivity index (χ3v) is 2.52. The second-order valence-corrected chi connectivity index (χ2v) is 3.45. The lowest BCUT2D eigenvalue weighted by atomic mass is 10.5. The number of H-pyrrole nitrogens is 1. The summed E-state index contributed by atoms with van der Waals surface area (Å²) in [6.07, 6.45) is 0. The number of aromatic amines is 1. The van der Waals surface area contributed by atoms with Gasteiger partial charge in [-0.2, -0.15) is 0 Å². The summed E-state index contributed by atoms with van der Waals surface area (Å²) in [7, 11) is 0. The normalized spacial score (nSPS) is 10.6. The van der Waals surface area contributed by atoms with Gasteiger partial charge in [-0.3, -0.25) is 4.79 Å². The quantitative estimate of drug-likeness (QED) is 0.681. The maximum absolute atomic E-state index is 10.7. The molecule has 0 spiro atoms. The fourth-order valence-electron chi connectivity index (χ4n) is 0.954. The predicted octanol–water partition coefficient (Wildman–Crippen LogP) is 2.61. The van der Waals surface area contributed by atoms with E-state index in [1.165, 1.54) is 0 Å². The van der Waals surface area contributed by atoms with Crippen molar-refractivity contribution in [1.29, 1.82) is 0 Å². The zero-order valence-corrected chi connectivity index (χ0v) is 7.00. The van der Waals surface area contributed by atoms with Crippen molar-refractivity contribution in [2.75, 3.05) is 0 Å². The molecule has 2 nitrogen and oxygen atoms in total. The van der Waals surface area contributed by atoms with Crippen molar-refractivity contribution in [3.05, 3.63) is 23.2 Å². The Morgan fingerprint density at radius 2 is 2.45 bits per heavy atom. The first-order chi connectivity index (χ1) is 5.27. The van der Waals surface area contributed by atoms with Crippen molar-refractivity contribution in [2.45, 2.75) is 0 Å². The molecule has 0 unspecified atom stereocenters. The molecule has 0 aromatic carbocycles. The van der Waals surface area contributed by atoms with E-state index >= 15 is 0 Å². The predicted molar refractivity (Wildman–Crippen MR) is 46.4 cm³/mol. The summed E-state index contributed by atoms with van der Waals surface area (Å²) < 4.78 is 1.06. The summed E-state index contributed by atoms with van der Waals surface area (Å²) in [5.41, 5.74) is 1.44. The van der Waals surface area contributed by atoms with Gasteiger partial charge in [-0.25, -0.2) is 0 Å². The molecule has 0 aliphatic carbocycles. The molecular formula is C7H4ClNOS. The van der Waals surface area contributed by atoms with Crippen LogP contribution in [0.25, 0.3) is 10.2 Å². The lowest BCUT2D eigenvalue weighted by Gasteiger charge is -1.81. The molecular weight excluding hydrogens is 182 g/mol. The van der Waals surface area contributed by atoms with Gasteiger partial charge in [0.2, 0.25) is 0 Å². The highest BCUT2D eigenvalue weighted by atomic mass is 35.5. The molecule has 0 bridgehead atoms. The van der Waals surface area contributed by atoms with E-state index in [-0.39, 0.29) is 0 Å². The third-order valence-electron chi connectivity index (χ3n) is 1.45. The summed E-state index contributed by atoms with van der Waals surface area (Å²) in [5.74, 6) is 0. The molecule has 11 heavy (non-hydrogen) atoms. The van der Waals surface area contributed by atoms with Gasteiger partial charge in [0.25, 0.3) is 5.24 Å². The van der Waals surface area contributed by atoms with Crippen LogP contribution in [0.2, 0.25) is 0 Å². The van der Waals surface area contributed by atoms with Crippen LogP contribution in [0.4, 0.5) is 0 Å². The van der Waals surface area contributed by atoms with Crippen LogP contribution in [0.5, 0.6) is 0 Å². The van der Waals surface area contributed by atoms with Gasteiger partial charge >= 0.3 is 0 Å². The second-order valence-electron chi connectivity index (χ2n) is 2.16. The molecule has 0 saturated heterocycles. The Bertz CT molecular complexity index is 375. The molecule has 2 rings (SSSR count). The first-order valence-corrected chi connectivity index (χ1v) is 4.29. The Morgan fingerprint density at radius 1 is 1.64 bits per heavy atom. The van der Waals surface area contributed by atoms with Crippen molar-refractivity contribution < 1.29 is 4.79 Å². The van der Waals surface area contributed by atoms with Gasteiger partial charge in [0, 0.05) is 0 Å². The van der Waals surface area contributed by atoms with Crippen LogP contribution >= 0.6 is 22.9 Å². The summed E-state index contributed by atoms with van der Waals surface area (Å²) in [5, 5.41) is 1.53. The van der Waals surface area contributed by atoms with Crippen LogP contribution in [0.15, 0.2) is 17.5 Å². The number of thiophene rings is 1. The van der Waals surface area contributed by atoms with Crippen LogP contribution in [-0.2, 0) is 0 Å². The van der Waals surface area contributed by atoms with E-state index in [1.54, 1.807) is 17.4 Å². The number of nitrogens with one attached hydrogen (secondary N) is 1. The number of hydrogen-bond donors (Lipinski definition) is 1. The minimum absolute atomic E-state index is 0.437. The van der Waals surface area contributed by atoms with Crippen LogP contribution in [0.3, 0.4) is 0 Å². The standard InChI is InChI=1S/C7H4ClNOS/c8-7(10)5-3-6-4(9-5)1-2-11-6/h1-3,9H. The van der Waals surface area contributed by atoms with Gasteiger partial charge in [0.05, 0.1) is 10.2 Å². The molecule has 2 heterocycles. The van der Waals surface area contributed by atoms with E-state index in [1.807, 2.05) is 11.4 Å². The molecule has 1 N–H and O–H groups in total. The highest BCUT2D eigenvalue weighted by Gasteiger charge is 2.05. The Balaban J connectivity index is 2.67. The number of hydrogen-bond acceptors (Lipinski definition) is 2. The number of carbonyl (C=O) groups excluding carboxylic acids is 1. The van der Waals surface area contributed by atoms with Gasteiger partial charge in [-0.15, -0.1) is 11.3 Å². The van der Waals surface area contributed by atoms with Crippen molar-refractivity contribution >= 4 is 38.4 Å². The number of halogens is 1. The highest BCUT2D eigenvalue weighted by Crippen LogP contribution is 2.21. The maximum atomic E-state index is 10.7.